The van der Waals surface area contributed by atoms with E-state index in [4.69, 9.17) is 26.2 Å². The number of aryl methyl sites for hydroxylation is 1. The number of hydrogen-bond donors (Lipinski definition) is 1. The van der Waals surface area contributed by atoms with Crippen LogP contribution in [0.3, 0.4) is 0 Å². The van der Waals surface area contributed by atoms with Crippen molar-refractivity contribution in [2.45, 2.75) is 0 Å². The largest absolute Gasteiger partial charge is 0.486 e. The van der Waals surface area contributed by atoms with Gasteiger partial charge in [-0.2, -0.15) is 5.10 Å². The predicted molar refractivity (Wildman–Crippen MR) is 71.6 cm³/mol. The molecule has 1 N–H and O–H groups in total. The van der Waals surface area contributed by atoms with Crippen molar-refractivity contribution in [3.05, 3.63) is 28.9 Å². The molecule has 7 heteroatoms. The summed E-state index contributed by atoms with van der Waals surface area (Å²) in [5.41, 5.74) is 1.22. The van der Waals surface area contributed by atoms with Crippen LogP contribution in [-0.4, -0.2) is 34.1 Å². The van der Waals surface area contributed by atoms with Gasteiger partial charge < -0.3 is 14.6 Å². The standard InChI is InChI=1S/C13H11ClN2O4/c1-16-10(6-9(15-16)13(17)18)7-4-11-12(5-8(7)14)20-3-2-19-11/h4-6H,2-3H2,1H3,(H,17,18). The van der Waals surface area contributed by atoms with Crippen molar-refractivity contribution in [3.63, 3.8) is 0 Å². The van der Waals surface area contributed by atoms with Crippen molar-refractivity contribution in [1.82, 2.24) is 9.78 Å². The summed E-state index contributed by atoms with van der Waals surface area (Å²) in [4.78, 5) is 11.0. The smallest absolute Gasteiger partial charge is 0.356 e. The van der Waals surface area contributed by atoms with E-state index in [-0.39, 0.29) is 5.69 Å². The zero-order valence-electron chi connectivity index (χ0n) is 10.6. The first-order valence-electron chi connectivity index (χ1n) is 5.93. The average molecular weight is 295 g/mol. The summed E-state index contributed by atoms with van der Waals surface area (Å²) >= 11 is 6.23. The highest BCUT2D eigenvalue weighted by Gasteiger charge is 2.19. The fourth-order valence-corrected chi connectivity index (χ4v) is 2.33. The van der Waals surface area contributed by atoms with E-state index in [0.29, 0.717) is 41.0 Å². The molecule has 20 heavy (non-hydrogen) atoms. The van der Waals surface area contributed by atoms with E-state index in [2.05, 4.69) is 5.10 Å². The maximum atomic E-state index is 11.0. The van der Waals surface area contributed by atoms with Gasteiger partial charge in [0.25, 0.3) is 0 Å². The van der Waals surface area contributed by atoms with Crippen molar-refractivity contribution in [1.29, 1.82) is 0 Å². The Kier molecular flexibility index (Phi) is 3.02. The number of rotatable bonds is 2. The first-order valence-corrected chi connectivity index (χ1v) is 6.31. The molecule has 0 saturated carbocycles. The highest BCUT2D eigenvalue weighted by Crippen LogP contribution is 2.39. The second-order valence-electron chi connectivity index (χ2n) is 4.32. The van der Waals surface area contributed by atoms with Gasteiger partial charge in [0, 0.05) is 18.7 Å². The second kappa shape index (κ2) is 4.72. The van der Waals surface area contributed by atoms with E-state index >= 15 is 0 Å². The number of carboxylic acid groups (broad SMARTS) is 1. The van der Waals surface area contributed by atoms with Crippen LogP contribution in [0.2, 0.25) is 5.02 Å². The molecular formula is C13H11ClN2O4. The fourth-order valence-electron chi connectivity index (χ4n) is 2.08. The topological polar surface area (TPSA) is 73.6 Å². The molecule has 2 aromatic rings. The number of fused-ring (bicyclic) bond motifs is 1. The summed E-state index contributed by atoms with van der Waals surface area (Å²) in [6.45, 7) is 0.956. The van der Waals surface area contributed by atoms with Crippen LogP contribution in [0.1, 0.15) is 10.5 Å². The third-order valence-electron chi connectivity index (χ3n) is 3.01. The van der Waals surface area contributed by atoms with E-state index in [1.54, 1.807) is 19.2 Å². The molecule has 2 heterocycles. The predicted octanol–water partition coefficient (Wildman–Crippen LogP) is 2.21. The number of nitrogens with zero attached hydrogens (tertiary/aromatic N) is 2. The van der Waals surface area contributed by atoms with Gasteiger partial charge in [-0.3, -0.25) is 4.68 Å². The lowest BCUT2D eigenvalue weighted by atomic mass is 10.1. The third-order valence-corrected chi connectivity index (χ3v) is 3.32. The first kappa shape index (κ1) is 12.8. The Balaban J connectivity index is 2.12. The number of ether oxygens (including phenoxy) is 2. The van der Waals surface area contributed by atoms with Crippen LogP contribution in [-0.2, 0) is 7.05 Å². The maximum Gasteiger partial charge on any atom is 0.356 e. The summed E-state index contributed by atoms with van der Waals surface area (Å²) in [6.07, 6.45) is 0. The van der Waals surface area contributed by atoms with Gasteiger partial charge in [-0.1, -0.05) is 11.6 Å². The molecule has 0 radical (unpaired) electrons. The normalized spacial score (nSPS) is 13.3. The van der Waals surface area contributed by atoms with Crippen molar-refractivity contribution in [2.24, 2.45) is 7.05 Å². The molecule has 0 bridgehead atoms. The zero-order chi connectivity index (χ0) is 14.3. The number of hydrogen-bond acceptors (Lipinski definition) is 4. The number of halogens is 1. The SMILES string of the molecule is Cn1nc(C(=O)O)cc1-c1cc2c(cc1Cl)OCCO2. The summed E-state index contributed by atoms with van der Waals surface area (Å²) in [5, 5.41) is 13.4. The zero-order valence-corrected chi connectivity index (χ0v) is 11.3. The van der Waals surface area contributed by atoms with E-state index in [1.165, 1.54) is 10.7 Å². The van der Waals surface area contributed by atoms with Crippen LogP contribution in [0.25, 0.3) is 11.3 Å². The number of benzene rings is 1. The van der Waals surface area contributed by atoms with Gasteiger partial charge in [0.05, 0.1) is 10.7 Å². The van der Waals surface area contributed by atoms with Crippen LogP contribution < -0.4 is 9.47 Å². The van der Waals surface area contributed by atoms with Crippen LogP contribution in [0.4, 0.5) is 0 Å². The first-order chi connectivity index (χ1) is 9.56. The molecular weight excluding hydrogens is 284 g/mol. The minimum absolute atomic E-state index is 0.0338. The molecule has 1 aliphatic rings. The quantitative estimate of drug-likeness (QED) is 0.919. The van der Waals surface area contributed by atoms with E-state index in [1.807, 2.05) is 0 Å². The minimum Gasteiger partial charge on any atom is -0.486 e. The molecule has 6 nitrogen and oxygen atoms in total. The monoisotopic (exact) mass is 294 g/mol. The molecule has 0 spiro atoms. The van der Waals surface area contributed by atoms with Gasteiger partial charge in [-0.05, 0) is 12.1 Å². The molecule has 0 saturated heterocycles. The van der Waals surface area contributed by atoms with Gasteiger partial charge in [-0.25, -0.2) is 4.79 Å². The van der Waals surface area contributed by atoms with Crippen molar-refractivity contribution >= 4 is 17.6 Å². The van der Waals surface area contributed by atoms with Gasteiger partial charge >= 0.3 is 5.97 Å². The van der Waals surface area contributed by atoms with E-state index in [9.17, 15) is 4.79 Å². The van der Waals surface area contributed by atoms with Gasteiger partial charge in [0.1, 0.15) is 13.2 Å². The lowest BCUT2D eigenvalue weighted by molar-refractivity contribution is 0.0689. The summed E-state index contributed by atoms with van der Waals surface area (Å²) < 4.78 is 12.4. The Bertz CT molecular complexity index is 696. The van der Waals surface area contributed by atoms with Gasteiger partial charge in [0.15, 0.2) is 17.2 Å². The van der Waals surface area contributed by atoms with Crippen LogP contribution in [0.15, 0.2) is 18.2 Å². The van der Waals surface area contributed by atoms with Crippen molar-refractivity contribution in [3.8, 4) is 22.8 Å². The van der Waals surface area contributed by atoms with Gasteiger partial charge in [0.2, 0.25) is 0 Å². The molecule has 0 aliphatic carbocycles. The molecule has 1 aliphatic heterocycles. The Morgan fingerprint density at radius 3 is 2.55 bits per heavy atom. The molecule has 0 fully saturated rings. The lowest BCUT2D eigenvalue weighted by Crippen LogP contribution is -2.15. The Labute approximate surface area is 119 Å². The lowest BCUT2D eigenvalue weighted by Gasteiger charge is -2.19. The minimum atomic E-state index is -1.08. The van der Waals surface area contributed by atoms with E-state index in [0.717, 1.165) is 0 Å². The van der Waals surface area contributed by atoms with Crippen LogP contribution in [0, 0.1) is 0 Å². The molecule has 0 unspecified atom stereocenters. The van der Waals surface area contributed by atoms with Crippen molar-refractivity contribution in [2.75, 3.05) is 13.2 Å². The molecule has 0 amide bonds. The number of carboxylic acids is 1. The molecule has 0 atom stereocenters. The Morgan fingerprint density at radius 2 is 1.95 bits per heavy atom. The highest BCUT2D eigenvalue weighted by atomic mass is 35.5. The Morgan fingerprint density at radius 1 is 1.30 bits per heavy atom. The second-order valence-corrected chi connectivity index (χ2v) is 4.73. The third kappa shape index (κ3) is 2.08. The summed E-state index contributed by atoms with van der Waals surface area (Å²) in [5.74, 6) is 0.0971. The average Bonchev–Trinajstić information content (AvgIpc) is 2.80. The summed E-state index contributed by atoms with van der Waals surface area (Å²) in [6, 6.07) is 4.87. The fraction of sp³-hybridized carbons (Fsp3) is 0.231. The summed E-state index contributed by atoms with van der Waals surface area (Å²) in [7, 11) is 1.66. The maximum absolute atomic E-state index is 11.0. The van der Waals surface area contributed by atoms with E-state index < -0.39 is 5.97 Å². The number of aromatic carboxylic acids is 1. The van der Waals surface area contributed by atoms with Crippen LogP contribution >= 0.6 is 11.6 Å². The highest BCUT2D eigenvalue weighted by molar-refractivity contribution is 6.33. The number of carbonyl (C=O) groups is 1. The molecule has 104 valence electrons. The van der Waals surface area contributed by atoms with Gasteiger partial charge in [-0.15, -0.1) is 0 Å². The van der Waals surface area contributed by atoms with Crippen LogP contribution in [0.5, 0.6) is 11.5 Å². The molecule has 1 aromatic carbocycles. The molecule has 1 aromatic heterocycles. The Hall–Kier alpha value is -2.21. The molecule has 3 rings (SSSR count). The van der Waals surface area contributed by atoms with Crippen molar-refractivity contribution < 1.29 is 19.4 Å². The number of aromatic nitrogens is 2.